The van der Waals surface area contributed by atoms with Gasteiger partial charge in [-0.3, -0.25) is 4.99 Å². The fourth-order valence-electron chi connectivity index (χ4n) is 2.95. The van der Waals surface area contributed by atoms with Crippen molar-refractivity contribution in [2.45, 2.75) is 32.3 Å². The number of hydrogen-bond donors (Lipinski definition) is 0. The van der Waals surface area contributed by atoms with E-state index in [4.69, 9.17) is 4.74 Å². The molecule has 0 aromatic carbocycles. The Morgan fingerprint density at radius 3 is 2.37 bits per heavy atom. The minimum absolute atomic E-state index is 0.0399. The molecule has 1 fully saturated rings. The van der Waals surface area contributed by atoms with E-state index in [1.165, 1.54) is 0 Å². The summed E-state index contributed by atoms with van der Waals surface area (Å²) in [6.45, 7) is 8.14. The van der Waals surface area contributed by atoms with Crippen LogP contribution in [0.2, 0.25) is 0 Å². The van der Waals surface area contributed by atoms with E-state index >= 15 is 0 Å². The normalized spacial score (nSPS) is 27.6. The maximum Gasteiger partial charge on any atom is 0.0635 e. The minimum Gasteiger partial charge on any atom is -0.376 e. The standard InChI is InChI=1S/C15H31N3O/c1-14(2)11-15(7-10-19-14,13-18(5)6)12-16-8-9-17(3)4/h12H,7-11,13H2,1-6H3/t15-/m1/s1. The van der Waals surface area contributed by atoms with Gasteiger partial charge in [-0.05, 0) is 54.9 Å². The Kier molecular flexibility index (Phi) is 5.96. The van der Waals surface area contributed by atoms with E-state index in [0.29, 0.717) is 0 Å². The topological polar surface area (TPSA) is 28.1 Å². The minimum atomic E-state index is -0.0399. The van der Waals surface area contributed by atoms with Crippen molar-refractivity contribution in [3.63, 3.8) is 0 Å². The van der Waals surface area contributed by atoms with E-state index in [-0.39, 0.29) is 11.0 Å². The summed E-state index contributed by atoms with van der Waals surface area (Å²) in [6, 6.07) is 0. The van der Waals surface area contributed by atoms with Crippen molar-refractivity contribution in [3.8, 4) is 0 Å². The highest BCUT2D eigenvalue weighted by atomic mass is 16.5. The summed E-state index contributed by atoms with van der Waals surface area (Å²) in [5.41, 5.74) is 0.124. The predicted molar refractivity (Wildman–Crippen MR) is 82.2 cm³/mol. The lowest BCUT2D eigenvalue weighted by Gasteiger charge is -2.44. The van der Waals surface area contributed by atoms with Gasteiger partial charge in [-0.2, -0.15) is 0 Å². The molecule has 0 amide bonds. The number of hydrogen-bond acceptors (Lipinski definition) is 4. The Balaban J connectivity index is 2.70. The first-order chi connectivity index (χ1) is 8.75. The third kappa shape index (κ3) is 6.02. The molecule has 0 unspecified atom stereocenters. The Morgan fingerprint density at radius 2 is 1.84 bits per heavy atom. The summed E-state index contributed by atoms with van der Waals surface area (Å²) in [4.78, 5) is 9.11. The van der Waals surface area contributed by atoms with E-state index < -0.39 is 0 Å². The zero-order valence-electron chi connectivity index (χ0n) is 13.6. The lowest BCUT2D eigenvalue weighted by molar-refractivity contribution is -0.0887. The van der Waals surface area contributed by atoms with Crippen molar-refractivity contribution >= 4 is 6.21 Å². The van der Waals surface area contributed by atoms with Crippen LogP contribution >= 0.6 is 0 Å². The zero-order valence-corrected chi connectivity index (χ0v) is 13.6. The van der Waals surface area contributed by atoms with Crippen LogP contribution in [0, 0.1) is 5.41 Å². The zero-order chi connectivity index (χ0) is 14.5. The van der Waals surface area contributed by atoms with Crippen LogP contribution in [0.1, 0.15) is 26.7 Å². The summed E-state index contributed by atoms with van der Waals surface area (Å²) < 4.78 is 5.86. The molecule has 1 aliphatic rings. The largest absolute Gasteiger partial charge is 0.376 e. The highest BCUT2D eigenvalue weighted by molar-refractivity contribution is 5.66. The molecule has 0 saturated carbocycles. The molecule has 1 aliphatic heterocycles. The van der Waals surface area contributed by atoms with E-state index in [9.17, 15) is 0 Å². The van der Waals surface area contributed by atoms with Crippen LogP contribution in [-0.4, -0.2) is 76.0 Å². The number of nitrogens with zero attached hydrogens (tertiary/aromatic N) is 3. The monoisotopic (exact) mass is 269 g/mol. The predicted octanol–water partition coefficient (Wildman–Crippen LogP) is 1.76. The molecule has 4 nitrogen and oxygen atoms in total. The number of ether oxygens (including phenoxy) is 1. The second-order valence-electron chi connectivity index (χ2n) is 6.97. The Bertz CT molecular complexity index is 300. The lowest BCUT2D eigenvalue weighted by atomic mass is 9.74. The number of aliphatic imine (C=N–C) groups is 1. The first-order valence-electron chi connectivity index (χ1n) is 7.19. The molecule has 0 bridgehead atoms. The molecular formula is C15H31N3O. The molecule has 1 rings (SSSR count). The first-order valence-corrected chi connectivity index (χ1v) is 7.19. The van der Waals surface area contributed by atoms with E-state index in [1.807, 2.05) is 0 Å². The summed E-state index contributed by atoms with van der Waals surface area (Å²) >= 11 is 0. The number of rotatable bonds is 6. The van der Waals surface area contributed by atoms with Crippen molar-refractivity contribution in [2.24, 2.45) is 10.4 Å². The third-order valence-corrected chi connectivity index (χ3v) is 3.54. The van der Waals surface area contributed by atoms with Gasteiger partial charge < -0.3 is 14.5 Å². The molecule has 0 aliphatic carbocycles. The van der Waals surface area contributed by atoms with Gasteiger partial charge in [0.25, 0.3) is 0 Å². The van der Waals surface area contributed by atoms with Gasteiger partial charge >= 0.3 is 0 Å². The quantitative estimate of drug-likeness (QED) is 0.688. The van der Waals surface area contributed by atoms with Crippen LogP contribution in [0.5, 0.6) is 0 Å². The highest BCUT2D eigenvalue weighted by Gasteiger charge is 2.40. The van der Waals surface area contributed by atoms with Gasteiger partial charge in [-0.15, -0.1) is 0 Å². The molecule has 0 aromatic heterocycles. The van der Waals surface area contributed by atoms with Gasteiger partial charge in [-0.25, -0.2) is 0 Å². The van der Waals surface area contributed by atoms with Crippen molar-refractivity contribution in [3.05, 3.63) is 0 Å². The maximum absolute atomic E-state index is 5.86. The molecule has 112 valence electrons. The summed E-state index contributed by atoms with van der Waals surface area (Å²) in [6.07, 6.45) is 4.32. The van der Waals surface area contributed by atoms with Crippen molar-refractivity contribution < 1.29 is 4.74 Å². The van der Waals surface area contributed by atoms with Crippen LogP contribution in [-0.2, 0) is 4.74 Å². The Labute approximate surface area is 118 Å². The average molecular weight is 269 g/mol. The number of likely N-dealkylation sites (N-methyl/N-ethyl adjacent to an activating group) is 1. The van der Waals surface area contributed by atoms with E-state index in [0.717, 1.165) is 39.1 Å². The Hall–Kier alpha value is -0.450. The van der Waals surface area contributed by atoms with Gasteiger partial charge in [-0.1, -0.05) is 0 Å². The lowest BCUT2D eigenvalue weighted by Crippen LogP contribution is -2.47. The van der Waals surface area contributed by atoms with E-state index in [1.54, 1.807) is 0 Å². The smallest absolute Gasteiger partial charge is 0.0635 e. The summed E-state index contributed by atoms with van der Waals surface area (Å²) in [5.74, 6) is 0. The van der Waals surface area contributed by atoms with Gasteiger partial charge in [0.15, 0.2) is 0 Å². The third-order valence-electron chi connectivity index (χ3n) is 3.54. The molecule has 0 spiro atoms. The van der Waals surface area contributed by atoms with Crippen molar-refractivity contribution in [1.29, 1.82) is 0 Å². The molecule has 0 radical (unpaired) electrons. The van der Waals surface area contributed by atoms with E-state index in [2.05, 4.69) is 63.0 Å². The molecule has 1 saturated heterocycles. The van der Waals surface area contributed by atoms with Crippen molar-refractivity contribution in [2.75, 3.05) is 54.4 Å². The molecule has 1 heterocycles. The molecule has 0 N–H and O–H groups in total. The molecule has 19 heavy (non-hydrogen) atoms. The first kappa shape index (κ1) is 16.6. The van der Waals surface area contributed by atoms with Crippen LogP contribution in [0.15, 0.2) is 4.99 Å². The summed E-state index contributed by atoms with van der Waals surface area (Å²) in [5, 5.41) is 0. The fourth-order valence-corrected chi connectivity index (χ4v) is 2.95. The second-order valence-corrected chi connectivity index (χ2v) is 6.97. The van der Waals surface area contributed by atoms with Gasteiger partial charge in [0.1, 0.15) is 0 Å². The highest BCUT2D eigenvalue weighted by Crippen LogP contribution is 2.38. The molecule has 1 atom stereocenters. The average Bonchev–Trinajstić information content (AvgIpc) is 2.21. The van der Waals surface area contributed by atoms with Crippen LogP contribution in [0.25, 0.3) is 0 Å². The van der Waals surface area contributed by atoms with Gasteiger partial charge in [0.05, 0.1) is 12.1 Å². The van der Waals surface area contributed by atoms with Crippen LogP contribution in [0.4, 0.5) is 0 Å². The molecule has 0 aromatic rings. The second kappa shape index (κ2) is 6.82. The van der Waals surface area contributed by atoms with Crippen LogP contribution in [0.3, 0.4) is 0 Å². The van der Waals surface area contributed by atoms with Crippen molar-refractivity contribution in [1.82, 2.24) is 9.80 Å². The fraction of sp³-hybridized carbons (Fsp3) is 0.933. The SMILES string of the molecule is CN(C)CCN=C[C@@]1(CN(C)C)CCOC(C)(C)C1. The summed E-state index contributed by atoms with van der Waals surface area (Å²) in [7, 11) is 8.45. The Morgan fingerprint density at radius 1 is 1.16 bits per heavy atom. The maximum atomic E-state index is 5.86. The molecule has 4 heteroatoms. The van der Waals surface area contributed by atoms with Gasteiger partial charge in [0, 0.05) is 31.3 Å². The van der Waals surface area contributed by atoms with Gasteiger partial charge in [0.2, 0.25) is 0 Å². The molecular weight excluding hydrogens is 238 g/mol. The van der Waals surface area contributed by atoms with Crippen LogP contribution < -0.4 is 0 Å².